The summed E-state index contributed by atoms with van der Waals surface area (Å²) in [7, 11) is 0. The number of halogens is 2. The van der Waals surface area contributed by atoms with Crippen molar-refractivity contribution >= 4 is 15.9 Å². The van der Waals surface area contributed by atoms with Gasteiger partial charge in [0, 0.05) is 12.5 Å². The van der Waals surface area contributed by atoms with Gasteiger partial charge in [-0.3, -0.25) is 0 Å². The number of nitrogens with zero attached hydrogens (tertiary/aromatic N) is 1. The van der Waals surface area contributed by atoms with Gasteiger partial charge in [-0.15, -0.1) is 0 Å². The van der Waals surface area contributed by atoms with Crippen molar-refractivity contribution in [2.75, 3.05) is 0 Å². The zero-order valence-corrected chi connectivity index (χ0v) is 8.31. The van der Waals surface area contributed by atoms with Crippen LogP contribution in [0.2, 0.25) is 0 Å². The molecule has 0 amide bonds. The van der Waals surface area contributed by atoms with Crippen molar-refractivity contribution in [3.8, 4) is 11.8 Å². The third kappa shape index (κ3) is 2.43. The van der Waals surface area contributed by atoms with Gasteiger partial charge in [-0.2, -0.15) is 5.26 Å². The Bertz CT molecular complexity index is 359. The van der Waals surface area contributed by atoms with Gasteiger partial charge >= 0.3 is 0 Å². The van der Waals surface area contributed by atoms with Crippen molar-refractivity contribution in [3.05, 3.63) is 28.0 Å². The summed E-state index contributed by atoms with van der Waals surface area (Å²) < 4.78 is 13.1. The molecule has 0 unspecified atom stereocenters. The Kier molecular flexibility index (Phi) is 3.26. The van der Waals surface area contributed by atoms with Gasteiger partial charge in [-0.05, 0) is 34.0 Å². The highest BCUT2D eigenvalue weighted by molar-refractivity contribution is 9.10. The lowest BCUT2D eigenvalue weighted by Gasteiger charge is -2.03. The van der Waals surface area contributed by atoms with Gasteiger partial charge in [0.05, 0.1) is 10.5 Å². The van der Waals surface area contributed by atoms with Crippen LogP contribution in [0.5, 0.6) is 5.75 Å². The number of rotatable bonds is 2. The molecule has 0 aliphatic carbocycles. The number of aromatic hydroxyl groups is 1. The van der Waals surface area contributed by atoms with Gasteiger partial charge in [0.2, 0.25) is 0 Å². The van der Waals surface area contributed by atoms with Crippen LogP contribution in [0.25, 0.3) is 0 Å². The van der Waals surface area contributed by atoms with E-state index >= 15 is 0 Å². The Hall–Kier alpha value is -1.08. The third-order valence-corrected chi connectivity index (χ3v) is 2.24. The minimum Gasteiger partial charge on any atom is -0.508 e. The second-order valence-electron chi connectivity index (χ2n) is 2.55. The molecular weight excluding hydrogens is 237 g/mol. The molecule has 13 heavy (non-hydrogen) atoms. The Morgan fingerprint density at radius 3 is 2.85 bits per heavy atom. The molecule has 0 aromatic heterocycles. The maximum absolute atomic E-state index is 12.8. The fraction of sp³-hybridized carbons (Fsp3) is 0.222. The van der Waals surface area contributed by atoms with E-state index in [0.717, 1.165) is 6.07 Å². The van der Waals surface area contributed by atoms with Gasteiger partial charge in [0.25, 0.3) is 0 Å². The van der Waals surface area contributed by atoms with E-state index in [1.54, 1.807) is 0 Å². The first-order valence-electron chi connectivity index (χ1n) is 3.69. The van der Waals surface area contributed by atoms with E-state index in [-0.39, 0.29) is 5.75 Å². The summed E-state index contributed by atoms with van der Waals surface area (Å²) in [5.74, 6) is -0.603. The van der Waals surface area contributed by atoms with E-state index in [9.17, 15) is 9.50 Å². The van der Waals surface area contributed by atoms with Crippen molar-refractivity contribution in [1.29, 1.82) is 5.26 Å². The molecular formula is C9H7BrFNO. The summed E-state index contributed by atoms with van der Waals surface area (Å²) in [6.07, 6.45) is 0.743. The zero-order chi connectivity index (χ0) is 9.84. The molecule has 1 rings (SSSR count). The highest BCUT2D eigenvalue weighted by Crippen LogP contribution is 2.26. The largest absolute Gasteiger partial charge is 0.508 e. The van der Waals surface area contributed by atoms with E-state index in [0.29, 0.717) is 22.9 Å². The van der Waals surface area contributed by atoms with Crippen LogP contribution in [-0.2, 0) is 6.42 Å². The minimum absolute atomic E-state index is 0.101. The SMILES string of the molecule is N#CCCc1cc(Br)c(F)cc1O. The molecule has 2 nitrogen and oxygen atoms in total. The van der Waals surface area contributed by atoms with E-state index in [2.05, 4.69) is 15.9 Å². The second kappa shape index (κ2) is 4.24. The van der Waals surface area contributed by atoms with Crippen molar-refractivity contribution in [2.24, 2.45) is 0 Å². The van der Waals surface area contributed by atoms with Gasteiger partial charge < -0.3 is 5.11 Å². The molecule has 0 heterocycles. The Morgan fingerprint density at radius 2 is 2.23 bits per heavy atom. The van der Waals surface area contributed by atoms with Crippen LogP contribution in [0.4, 0.5) is 4.39 Å². The van der Waals surface area contributed by atoms with Crippen LogP contribution in [0.3, 0.4) is 0 Å². The monoisotopic (exact) mass is 243 g/mol. The molecule has 1 N–H and O–H groups in total. The zero-order valence-electron chi connectivity index (χ0n) is 6.72. The first-order chi connectivity index (χ1) is 6.15. The number of phenols is 1. The molecule has 68 valence electrons. The molecule has 4 heteroatoms. The molecule has 0 saturated heterocycles. The number of phenolic OH excluding ortho intramolecular Hbond substituents is 1. The highest BCUT2D eigenvalue weighted by Gasteiger charge is 2.06. The fourth-order valence-electron chi connectivity index (χ4n) is 0.968. The van der Waals surface area contributed by atoms with Crippen LogP contribution in [0, 0.1) is 17.1 Å². The second-order valence-corrected chi connectivity index (χ2v) is 3.41. The summed E-state index contributed by atoms with van der Waals surface area (Å²) in [5.41, 5.74) is 0.579. The van der Waals surface area contributed by atoms with Crippen LogP contribution in [0.15, 0.2) is 16.6 Å². The maximum atomic E-state index is 12.8. The molecule has 0 spiro atoms. The van der Waals surface area contributed by atoms with E-state index in [4.69, 9.17) is 5.26 Å². The molecule has 1 aromatic rings. The third-order valence-electron chi connectivity index (χ3n) is 1.63. The maximum Gasteiger partial charge on any atom is 0.141 e. The molecule has 0 saturated carbocycles. The van der Waals surface area contributed by atoms with Gasteiger partial charge in [0.15, 0.2) is 0 Å². The predicted molar refractivity (Wildman–Crippen MR) is 49.7 cm³/mol. The first kappa shape index (κ1) is 10.0. The van der Waals surface area contributed by atoms with Crippen LogP contribution < -0.4 is 0 Å². The average Bonchev–Trinajstić information content (AvgIpc) is 2.09. The van der Waals surface area contributed by atoms with Crippen molar-refractivity contribution in [1.82, 2.24) is 0 Å². The molecule has 0 aliphatic rings. The summed E-state index contributed by atoms with van der Waals surface area (Å²) in [6, 6.07) is 4.48. The summed E-state index contributed by atoms with van der Waals surface area (Å²) in [4.78, 5) is 0. The lowest BCUT2D eigenvalue weighted by Crippen LogP contribution is -1.87. The van der Waals surface area contributed by atoms with Crippen molar-refractivity contribution in [3.63, 3.8) is 0 Å². The number of benzene rings is 1. The normalized spacial score (nSPS) is 9.62. The van der Waals surface area contributed by atoms with Crippen LogP contribution >= 0.6 is 15.9 Å². The van der Waals surface area contributed by atoms with Crippen LogP contribution in [-0.4, -0.2) is 5.11 Å². The number of hydrogen-bond donors (Lipinski definition) is 1. The molecule has 1 aromatic carbocycles. The predicted octanol–water partition coefficient (Wildman–Crippen LogP) is 2.75. The number of nitriles is 1. The van der Waals surface area contributed by atoms with Gasteiger partial charge in [-0.25, -0.2) is 4.39 Å². The van der Waals surface area contributed by atoms with Gasteiger partial charge in [-0.1, -0.05) is 0 Å². The summed E-state index contributed by atoms with van der Waals surface area (Å²) in [6.45, 7) is 0. The highest BCUT2D eigenvalue weighted by atomic mass is 79.9. The quantitative estimate of drug-likeness (QED) is 0.869. The topological polar surface area (TPSA) is 44.0 Å². The standard InChI is InChI=1S/C9H7BrFNO/c10-7-4-6(2-1-3-12)9(13)5-8(7)11/h4-5,13H,1-2H2. The van der Waals surface area contributed by atoms with E-state index in [1.807, 2.05) is 6.07 Å². The van der Waals surface area contributed by atoms with E-state index < -0.39 is 5.82 Å². The van der Waals surface area contributed by atoms with Gasteiger partial charge in [0.1, 0.15) is 11.6 Å². The smallest absolute Gasteiger partial charge is 0.141 e. The average molecular weight is 244 g/mol. The Morgan fingerprint density at radius 1 is 1.54 bits per heavy atom. The molecule has 0 radical (unpaired) electrons. The molecule has 0 bridgehead atoms. The van der Waals surface area contributed by atoms with Crippen molar-refractivity contribution < 1.29 is 9.50 Å². The Labute approximate surface area is 83.7 Å². The molecule has 0 fully saturated rings. The van der Waals surface area contributed by atoms with E-state index in [1.165, 1.54) is 6.07 Å². The lowest BCUT2D eigenvalue weighted by atomic mass is 10.1. The number of aryl methyl sites for hydroxylation is 1. The molecule has 0 atom stereocenters. The fourth-order valence-corrected chi connectivity index (χ4v) is 1.36. The molecule has 0 aliphatic heterocycles. The summed E-state index contributed by atoms with van der Waals surface area (Å²) in [5, 5.41) is 17.6. The van der Waals surface area contributed by atoms with Crippen molar-refractivity contribution in [2.45, 2.75) is 12.8 Å². The van der Waals surface area contributed by atoms with Crippen LogP contribution in [0.1, 0.15) is 12.0 Å². The lowest BCUT2D eigenvalue weighted by molar-refractivity contribution is 0.461. The number of hydrogen-bond acceptors (Lipinski definition) is 2. The first-order valence-corrected chi connectivity index (χ1v) is 4.48. The minimum atomic E-state index is -0.502. The Balaban J connectivity index is 2.96. The summed E-state index contributed by atoms with van der Waals surface area (Å²) >= 11 is 3.00.